The van der Waals surface area contributed by atoms with Gasteiger partial charge in [0.2, 0.25) is 0 Å². The van der Waals surface area contributed by atoms with Crippen LogP contribution in [-0.4, -0.2) is 0 Å². The number of furan rings is 2. The van der Waals surface area contributed by atoms with E-state index in [1.165, 1.54) is 54.6 Å². The van der Waals surface area contributed by atoms with Crippen LogP contribution in [0.5, 0.6) is 0 Å². The van der Waals surface area contributed by atoms with Gasteiger partial charge in [-0.15, -0.1) is 0 Å². The topological polar surface area (TPSA) is 26.3 Å². The van der Waals surface area contributed by atoms with Crippen molar-refractivity contribution in [1.29, 1.82) is 0 Å². The molecule has 0 aliphatic heterocycles. The van der Waals surface area contributed by atoms with Gasteiger partial charge in [-0.05, 0) is 78.8 Å². The van der Waals surface area contributed by atoms with E-state index in [0.29, 0.717) is 0 Å². The van der Waals surface area contributed by atoms with Gasteiger partial charge in [0.05, 0.1) is 0 Å². The van der Waals surface area contributed by atoms with Gasteiger partial charge in [-0.2, -0.15) is 0 Å². The second kappa shape index (κ2) is 7.99. The molecule has 0 bridgehead atoms. The lowest BCUT2D eigenvalue weighted by atomic mass is 9.87. The number of rotatable bonds is 2. The smallest absolute Gasteiger partial charge is 0.139 e. The molecule has 0 spiro atoms. The molecule has 42 heavy (non-hydrogen) atoms. The van der Waals surface area contributed by atoms with Crippen molar-refractivity contribution in [2.75, 3.05) is 0 Å². The van der Waals surface area contributed by atoms with Crippen LogP contribution in [0.1, 0.15) is 0 Å². The first-order valence-electron chi connectivity index (χ1n) is 14.3. The minimum atomic E-state index is 0.845. The molecule has 2 aromatic heterocycles. The molecule has 2 heteroatoms. The molecule has 0 saturated heterocycles. The normalized spacial score (nSPS) is 12.3. The second-order valence-corrected chi connectivity index (χ2v) is 11.3. The summed E-state index contributed by atoms with van der Waals surface area (Å²) in [6.07, 6.45) is 0. The summed E-state index contributed by atoms with van der Waals surface area (Å²) in [5, 5.41) is 12.2. The highest BCUT2D eigenvalue weighted by molar-refractivity contribution is 6.28. The van der Waals surface area contributed by atoms with Crippen LogP contribution in [0.2, 0.25) is 0 Å². The summed E-state index contributed by atoms with van der Waals surface area (Å²) in [4.78, 5) is 0. The van der Waals surface area contributed by atoms with E-state index in [1.807, 2.05) is 18.2 Å². The third-order valence-corrected chi connectivity index (χ3v) is 9.03. The van der Waals surface area contributed by atoms with Crippen LogP contribution in [0.3, 0.4) is 0 Å². The Morgan fingerprint density at radius 3 is 1.62 bits per heavy atom. The number of benzene rings is 8. The predicted molar refractivity (Wildman–Crippen MR) is 176 cm³/mol. The molecule has 0 radical (unpaired) electrons. The molecule has 10 aromatic rings. The van der Waals surface area contributed by atoms with Gasteiger partial charge in [0.15, 0.2) is 0 Å². The maximum Gasteiger partial charge on any atom is 0.139 e. The van der Waals surface area contributed by atoms with Gasteiger partial charge >= 0.3 is 0 Å². The molecule has 8 aromatic carbocycles. The average molecular weight is 535 g/mol. The van der Waals surface area contributed by atoms with Crippen molar-refractivity contribution in [3.8, 4) is 22.3 Å². The van der Waals surface area contributed by atoms with Gasteiger partial charge < -0.3 is 8.83 Å². The van der Waals surface area contributed by atoms with E-state index in [0.717, 1.165) is 43.9 Å². The quantitative estimate of drug-likeness (QED) is 0.206. The molecular formula is C40H22O2. The highest BCUT2D eigenvalue weighted by Crippen LogP contribution is 2.43. The Hall–Kier alpha value is -5.60. The molecule has 0 N–H and O–H groups in total. The summed E-state index contributed by atoms with van der Waals surface area (Å²) in [5.41, 5.74) is 8.41. The van der Waals surface area contributed by atoms with Gasteiger partial charge in [0.25, 0.3) is 0 Å². The molecule has 10 rings (SSSR count). The number of hydrogen-bond acceptors (Lipinski definition) is 2. The van der Waals surface area contributed by atoms with Crippen LogP contribution in [0, 0.1) is 0 Å². The number of fused-ring (bicyclic) bond motifs is 6. The van der Waals surface area contributed by atoms with E-state index in [4.69, 9.17) is 8.83 Å². The minimum Gasteiger partial charge on any atom is -0.456 e. The Kier molecular flexibility index (Phi) is 4.21. The van der Waals surface area contributed by atoms with E-state index in [2.05, 4.69) is 115 Å². The highest BCUT2D eigenvalue weighted by Gasteiger charge is 2.17. The number of hydrogen-bond donors (Lipinski definition) is 0. The zero-order chi connectivity index (χ0) is 27.4. The Morgan fingerprint density at radius 1 is 0.310 bits per heavy atom. The fourth-order valence-electron chi connectivity index (χ4n) is 7.09. The van der Waals surface area contributed by atoms with Crippen molar-refractivity contribution in [1.82, 2.24) is 0 Å². The standard InChI is InChI=1S/C40H22O2/c1-2-6-23(7-3-1)27-15-10-24-13-18-31-28(16-11-25-12-17-30(27)39(24)40(25)31)26-14-19-36-32(20-26)34-21-33-29-8-4-5-9-35(29)41-37(33)22-38(34)42-36/h1-22H. The fourth-order valence-corrected chi connectivity index (χ4v) is 7.09. The van der Waals surface area contributed by atoms with E-state index in [-0.39, 0.29) is 0 Å². The summed E-state index contributed by atoms with van der Waals surface area (Å²) in [7, 11) is 0. The second-order valence-electron chi connectivity index (χ2n) is 11.3. The zero-order valence-corrected chi connectivity index (χ0v) is 22.5. The van der Waals surface area contributed by atoms with Gasteiger partial charge in [-0.25, -0.2) is 0 Å². The van der Waals surface area contributed by atoms with Crippen LogP contribution in [0.15, 0.2) is 142 Å². The Bertz CT molecular complexity index is 2670. The van der Waals surface area contributed by atoms with Crippen LogP contribution in [0.25, 0.3) is 98.4 Å². The first-order chi connectivity index (χ1) is 20.8. The summed E-state index contributed by atoms with van der Waals surface area (Å²) in [6.45, 7) is 0. The number of para-hydroxylation sites is 1. The first kappa shape index (κ1) is 22.1. The molecular weight excluding hydrogens is 512 g/mol. The minimum absolute atomic E-state index is 0.845. The molecule has 2 heterocycles. The SMILES string of the molecule is c1ccc(-c2ccc3ccc4c(-c5ccc6oc7cc8oc9ccccc9c8cc7c6c5)ccc5ccc2c3c54)cc1. The van der Waals surface area contributed by atoms with E-state index >= 15 is 0 Å². The largest absolute Gasteiger partial charge is 0.456 e. The van der Waals surface area contributed by atoms with Gasteiger partial charge in [0.1, 0.15) is 22.3 Å². The predicted octanol–water partition coefficient (Wildman–Crippen LogP) is 11.7. The molecule has 0 aliphatic carbocycles. The lowest BCUT2D eigenvalue weighted by Crippen LogP contribution is -1.89. The van der Waals surface area contributed by atoms with E-state index in [1.54, 1.807) is 0 Å². The van der Waals surface area contributed by atoms with Crippen molar-refractivity contribution in [2.24, 2.45) is 0 Å². The van der Waals surface area contributed by atoms with Crippen molar-refractivity contribution in [2.45, 2.75) is 0 Å². The van der Waals surface area contributed by atoms with Crippen LogP contribution in [0.4, 0.5) is 0 Å². The molecule has 0 fully saturated rings. The first-order valence-corrected chi connectivity index (χ1v) is 14.3. The fraction of sp³-hybridized carbons (Fsp3) is 0. The van der Waals surface area contributed by atoms with Crippen LogP contribution >= 0.6 is 0 Å². The Labute approximate surface area is 240 Å². The molecule has 0 saturated carbocycles. The molecule has 194 valence electrons. The monoisotopic (exact) mass is 534 g/mol. The van der Waals surface area contributed by atoms with Crippen molar-refractivity contribution in [3.63, 3.8) is 0 Å². The third kappa shape index (κ3) is 2.93. The molecule has 0 unspecified atom stereocenters. The molecule has 0 aliphatic rings. The lowest BCUT2D eigenvalue weighted by molar-refractivity contribution is 0.656. The molecule has 2 nitrogen and oxygen atoms in total. The van der Waals surface area contributed by atoms with Gasteiger partial charge in [-0.3, -0.25) is 0 Å². The van der Waals surface area contributed by atoms with E-state index in [9.17, 15) is 0 Å². The summed E-state index contributed by atoms with van der Waals surface area (Å²) >= 11 is 0. The third-order valence-electron chi connectivity index (χ3n) is 9.03. The van der Waals surface area contributed by atoms with Gasteiger partial charge in [0, 0.05) is 27.6 Å². The van der Waals surface area contributed by atoms with Gasteiger partial charge in [-0.1, -0.05) is 103 Å². The molecule has 0 amide bonds. The van der Waals surface area contributed by atoms with Crippen LogP contribution < -0.4 is 0 Å². The van der Waals surface area contributed by atoms with Crippen molar-refractivity contribution >= 4 is 76.2 Å². The Balaban J connectivity index is 1.23. The molecule has 0 atom stereocenters. The Morgan fingerprint density at radius 2 is 0.881 bits per heavy atom. The maximum atomic E-state index is 6.32. The summed E-state index contributed by atoms with van der Waals surface area (Å²) < 4.78 is 12.5. The summed E-state index contributed by atoms with van der Waals surface area (Å²) in [5.74, 6) is 0. The summed E-state index contributed by atoms with van der Waals surface area (Å²) in [6, 6.07) is 47.9. The average Bonchev–Trinajstić information content (AvgIpc) is 3.59. The van der Waals surface area contributed by atoms with Crippen molar-refractivity contribution in [3.05, 3.63) is 133 Å². The van der Waals surface area contributed by atoms with Crippen LogP contribution in [-0.2, 0) is 0 Å². The maximum absolute atomic E-state index is 6.32. The zero-order valence-electron chi connectivity index (χ0n) is 22.5. The highest BCUT2D eigenvalue weighted by atomic mass is 16.3. The van der Waals surface area contributed by atoms with Crippen molar-refractivity contribution < 1.29 is 8.83 Å². The van der Waals surface area contributed by atoms with E-state index < -0.39 is 0 Å². The lowest BCUT2D eigenvalue weighted by Gasteiger charge is -2.16.